The molecule has 0 aliphatic rings. The molecular weight excluding hydrogens is 355 g/mol. The number of ketones is 2. The second-order valence-corrected chi connectivity index (χ2v) is 7.03. The molecule has 132 valence electrons. The summed E-state index contributed by atoms with van der Waals surface area (Å²) >= 11 is 11.8. The number of hydrogen-bond acceptors (Lipinski definition) is 2. The Bertz CT molecular complexity index is 706. The van der Waals surface area contributed by atoms with Gasteiger partial charge in [0.05, 0.1) is 0 Å². The van der Waals surface area contributed by atoms with Gasteiger partial charge in [-0.1, -0.05) is 55.1 Å². The summed E-state index contributed by atoms with van der Waals surface area (Å²) in [5.74, 6) is -0.379. The van der Waals surface area contributed by atoms with Crippen molar-refractivity contribution in [2.24, 2.45) is 0 Å². The lowest BCUT2D eigenvalue weighted by Crippen LogP contribution is -2.17. The average Bonchev–Trinajstić information content (AvgIpc) is 2.61. The van der Waals surface area contributed by atoms with Crippen molar-refractivity contribution >= 4 is 34.8 Å². The zero-order valence-corrected chi connectivity index (χ0v) is 15.8. The van der Waals surface area contributed by atoms with Crippen LogP contribution in [0, 0.1) is 0 Å². The summed E-state index contributed by atoms with van der Waals surface area (Å²) in [6.07, 6.45) is 3.59. The van der Waals surface area contributed by atoms with Crippen LogP contribution in [0.2, 0.25) is 10.0 Å². The second-order valence-electron chi connectivity index (χ2n) is 6.16. The van der Waals surface area contributed by atoms with Crippen LogP contribution in [-0.4, -0.2) is 11.6 Å². The van der Waals surface area contributed by atoms with Crippen molar-refractivity contribution in [3.63, 3.8) is 0 Å². The van der Waals surface area contributed by atoms with Gasteiger partial charge >= 0.3 is 0 Å². The quantitative estimate of drug-likeness (QED) is 0.369. The fraction of sp³-hybridized carbons (Fsp3) is 0.333. The smallest absolute Gasteiger partial charge is 0.163 e. The minimum absolute atomic E-state index is 0.0551. The van der Waals surface area contributed by atoms with Crippen molar-refractivity contribution in [1.82, 2.24) is 0 Å². The van der Waals surface area contributed by atoms with Crippen LogP contribution in [0.15, 0.2) is 48.5 Å². The van der Waals surface area contributed by atoms with Crippen LogP contribution >= 0.6 is 23.2 Å². The van der Waals surface area contributed by atoms with Crippen LogP contribution in [0.4, 0.5) is 0 Å². The maximum Gasteiger partial charge on any atom is 0.163 e. The molecule has 0 saturated carbocycles. The van der Waals surface area contributed by atoms with Crippen LogP contribution in [0.3, 0.4) is 0 Å². The highest BCUT2D eigenvalue weighted by Gasteiger charge is 2.24. The molecule has 0 saturated heterocycles. The summed E-state index contributed by atoms with van der Waals surface area (Å²) in [5.41, 5.74) is 1.41. The summed E-state index contributed by atoms with van der Waals surface area (Å²) in [5, 5.41) is 1.20. The molecule has 0 fully saturated rings. The Morgan fingerprint density at radius 1 is 0.880 bits per heavy atom. The van der Waals surface area contributed by atoms with Gasteiger partial charge in [-0.25, -0.2) is 0 Å². The Morgan fingerprint density at radius 3 is 2.00 bits per heavy atom. The lowest BCUT2D eigenvalue weighted by molar-refractivity contribution is -0.120. The molecule has 0 amide bonds. The number of carbonyl (C=O) groups excluding carboxylic acids is 2. The summed E-state index contributed by atoms with van der Waals surface area (Å²) in [7, 11) is 0. The van der Waals surface area contributed by atoms with E-state index in [-0.39, 0.29) is 18.0 Å². The zero-order chi connectivity index (χ0) is 18.2. The molecule has 0 bridgehead atoms. The first-order valence-electron chi connectivity index (χ1n) is 8.58. The van der Waals surface area contributed by atoms with Crippen LogP contribution in [-0.2, 0) is 4.79 Å². The van der Waals surface area contributed by atoms with E-state index in [2.05, 4.69) is 6.92 Å². The van der Waals surface area contributed by atoms with Crippen molar-refractivity contribution in [1.29, 1.82) is 0 Å². The predicted octanol–water partition coefficient (Wildman–Crippen LogP) is 6.50. The van der Waals surface area contributed by atoms with Gasteiger partial charge < -0.3 is 0 Å². The van der Waals surface area contributed by atoms with E-state index in [0.29, 0.717) is 22.0 Å². The molecule has 1 atom stereocenters. The lowest BCUT2D eigenvalue weighted by Gasteiger charge is -2.16. The van der Waals surface area contributed by atoms with Gasteiger partial charge in [0.15, 0.2) is 5.78 Å². The van der Waals surface area contributed by atoms with Gasteiger partial charge in [-0.15, -0.1) is 0 Å². The number of halogens is 2. The number of Topliss-reactive ketones (excluding diaryl/α,β-unsaturated/α-hetero) is 2. The summed E-state index contributed by atoms with van der Waals surface area (Å²) in [6.45, 7) is 2.10. The Balaban J connectivity index is 2.18. The first kappa shape index (κ1) is 19.7. The fourth-order valence-corrected chi connectivity index (χ4v) is 3.03. The SMILES string of the molecule is CCCCCC(=O)C(CC(=O)c1ccc(Cl)cc1)c1ccc(Cl)cc1. The molecule has 0 spiro atoms. The van der Waals surface area contributed by atoms with Crippen LogP contribution in [0.1, 0.15) is 60.9 Å². The predicted molar refractivity (Wildman–Crippen MR) is 104 cm³/mol. The molecule has 2 aromatic carbocycles. The fourth-order valence-electron chi connectivity index (χ4n) is 2.78. The standard InChI is InChI=1S/C21H22Cl2O2/c1-2-3-4-5-20(24)19(15-6-10-17(22)11-7-15)14-21(25)16-8-12-18(23)13-9-16/h6-13,19H,2-5,14H2,1H3. The van der Waals surface area contributed by atoms with Gasteiger partial charge in [-0.3, -0.25) is 9.59 Å². The molecule has 2 aromatic rings. The van der Waals surface area contributed by atoms with Crippen LogP contribution in [0.5, 0.6) is 0 Å². The van der Waals surface area contributed by atoms with E-state index in [4.69, 9.17) is 23.2 Å². The van der Waals surface area contributed by atoms with E-state index >= 15 is 0 Å². The lowest BCUT2D eigenvalue weighted by atomic mass is 9.86. The Morgan fingerprint density at radius 2 is 1.44 bits per heavy atom. The van der Waals surface area contributed by atoms with E-state index < -0.39 is 5.92 Å². The molecule has 0 aliphatic heterocycles. The molecule has 0 radical (unpaired) electrons. The van der Waals surface area contributed by atoms with Crippen molar-refractivity contribution < 1.29 is 9.59 Å². The van der Waals surface area contributed by atoms with Crippen molar-refractivity contribution in [3.8, 4) is 0 Å². The van der Waals surface area contributed by atoms with E-state index in [0.717, 1.165) is 24.8 Å². The van der Waals surface area contributed by atoms with Gasteiger partial charge in [-0.05, 0) is 48.4 Å². The van der Waals surface area contributed by atoms with E-state index in [1.165, 1.54) is 0 Å². The molecule has 0 aliphatic carbocycles. The van der Waals surface area contributed by atoms with E-state index in [9.17, 15) is 9.59 Å². The van der Waals surface area contributed by atoms with Gasteiger partial charge in [0.25, 0.3) is 0 Å². The largest absolute Gasteiger partial charge is 0.299 e. The number of unbranched alkanes of at least 4 members (excludes halogenated alkanes) is 2. The summed E-state index contributed by atoms with van der Waals surface area (Å²) in [6, 6.07) is 14.0. The van der Waals surface area contributed by atoms with Crippen molar-refractivity contribution in [2.75, 3.05) is 0 Å². The Kier molecular flexibility index (Phi) is 7.67. The van der Waals surface area contributed by atoms with Crippen LogP contribution < -0.4 is 0 Å². The summed E-state index contributed by atoms with van der Waals surface area (Å²) in [4.78, 5) is 25.3. The maximum atomic E-state index is 12.7. The van der Waals surface area contributed by atoms with Gasteiger partial charge in [0.2, 0.25) is 0 Å². The normalized spacial score (nSPS) is 12.0. The van der Waals surface area contributed by atoms with Crippen molar-refractivity contribution in [2.45, 2.75) is 44.9 Å². The number of benzene rings is 2. The number of carbonyl (C=O) groups is 2. The van der Waals surface area contributed by atoms with Crippen LogP contribution in [0.25, 0.3) is 0 Å². The molecule has 0 N–H and O–H groups in total. The highest BCUT2D eigenvalue weighted by atomic mass is 35.5. The average molecular weight is 377 g/mol. The number of hydrogen-bond donors (Lipinski definition) is 0. The van der Waals surface area contributed by atoms with Gasteiger partial charge in [0.1, 0.15) is 5.78 Å². The Labute approximate surface area is 159 Å². The molecule has 2 rings (SSSR count). The first-order chi connectivity index (χ1) is 12.0. The third-order valence-electron chi connectivity index (χ3n) is 4.24. The molecule has 25 heavy (non-hydrogen) atoms. The van der Waals surface area contributed by atoms with Gasteiger partial charge in [-0.2, -0.15) is 0 Å². The Hall–Kier alpha value is -1.64. The monoisotopic (exact) mass is 376 g/mol. The highest BCUT2D eigenvalue weighted by Crippen LogP contribution is 2.27. The third-order valence-corrected chi connectivity index (χ3v) is 4.75. The van der Waals surface area contributed by atoms with E-state index in [1.807, 2.05) is 12.1 Å². The first-order valence-corrected chi connectivity index (χ1v) is 9.33. The third kappa shape index (κ3) is 5.98. The molecule has 0 heterocycles. The minimum Gasteiger partial charge on any atom is -0.299 e. The highest BCUT2D eigenvalue weighted by molar-refractivity contribution is 6.30. The molecule has 4 heteroatoms. The molecule has 1 unspecified atom stereocenters. The molecular formula is C21H22Cl2O2. The minimum atomic E-state index is -0.433. The maximum absolute atomic E-state index is 12.7. The van der Waals surface area contributed by atoms with E-state index in [1.54, 1.807) is 36.4 Å². The summed E-state index contributed by atoms with van der Waals surface area (Å²) < 4.78 is 0. The van der Waals surface area contributed by atoms with Gasteiger partial charge in [0, 0.05) is 34.4 Å². The topological polar surface area (TPSA) is 34.1 Å². The zero-order valence-electron chi connectivity index (χ0n) is 14.3. The van der Waals surface area contributed by atoms with Crippen molar-refractivity contribution in [3.05, 3.63) is 69.7 Å². The molecule has 2 nitrogen and oxygen atoms in total. The molecule has 0 aromatic heterocycles. The second kappa shape index (κ2) is 9.74. The number of rotatable bonds is 9.